The molecule has 1 heterocycles. The Morgan fingerprint density at radius 2 is 1.93 bits per heavy atom. The Kier molecular flexibility index (Phi) is 6.94. The average Bonchev–Trinajstić information content (AvgIpc) is 3.17. The van der Waals surface area contributed by atoms with Gasteiger partial charge in [-0.2, -0.15) is 5.10 Å². The summed E-state index contributed by atoms with van der Waals surface area (Å²) in [5.41, 5.74) is 2.64. The predicted molar refractivity (Wildman–Crippen MR) is 114 cm³/mol. The lowest BCUT2D eigenvalue weighted by Gasteiger charge is -2.07. The number of benzene rings is 2. The van der Waals surface area contributed by atoms with E-state index in [0.29, 0.717) is 27.1 Å². The molecule has 1 amide bonds. The molecule has 0 saturated carbocycles. The molecule has 0 spiro atoms. The summed E-state index contributed by atoms with van der Waals surface area (Å²) >= 11 is 17.9. The Balaban J connectivity index is 1.57. The van der Waals surface area contributed by atoms with Crippen LogP contribution >= 0.6 is 34.8 Å². The number of hydrogen-bond acceptors (Lipinski definition) is 6. The molecule has 1 aromatic heterocycles. The molecular formula is C19H12Cl3N3O5. The fourth-order valence-corrected chi connectivity index (χ4v) is 2.92. The highest BCUT2D eigenvalue weighted by molar-refractivity contribution is 6.34. The van der Waals surface area contributed by atoms with Gasteiger partial charge in [0, 0.05) is 28.8 Å². The van der Waals surface area contributed by atoms with Crippen LogP contribution in [0.15, 0.2) is 58.0 Å². The number of rotatable bonds is 7. The van der Waals surface area contributed by atoms with Gasteiger partial charge in [-0.15, -0.1) is 0 Å². The van der Waals surface area contributed by atoms with Crippen molar-refractivity contribution in [1.82, 2.24) is 5.43 Å². The Morgan fingerprint density at radius 1 is 1.13 bits per heavy atom. The smallest absolute Gasteiger partial charge is 0.277 e. The fraction of sp³-hybridized carbons (Fsp3) is 0.0526. The Labute approximate surface area is 185 Å². The monoisotopic (exact) mass is 467 g/mol. The third kappa shape index (κ3) is 5.50. The minimum absolute atomic E-state index is 0.124. The largest absolute Gasteiger partial charge is 0.482 e. The van der Waals surface area contributed by atoms with Crippen LogP contribution in [0.25, 0.3) is 11.3 Å². The first-order chi connectivity index (χ1) is 14.3. The van der Waals surface area contributed by atoms with E-state index in [9.17, 15) is 14.9 Å². The molecule has 0 radical (unpaired) electrons. The van der Waals surface area contributed by atoms with Crippen molar-refractivity contribution in [2.24, 2.45) is 5.10 Å². The maximum Gasteiger partial charge on any atom is 0.277 e. The van der Waals surface area contributed by atoms with Gasteiger partial charge in [0.25, 0.3) is 11.6 Å². The number of non-ortho nitro benzene ring substituents is 1. The number of hydrogen-bond donors (Lipinski definition) is 1. The number of ether oxygens (including phenoxy) is 1. The van der Waals surface area contributed by atoms with E-state index >= 15 is 0 Å². The van der Waals surface area contributed by atoms with Gasteiger partial charge in [0.1, 0.15) is 17.3 Å². The van der Waals surface area contributed by atoms with Gasteiger partial charge in [0.2, 0.25) is 0 Å². The molecule has 0 bridgehead atoms. The summed E-state index contributed by atoms with van der Waals surface area (Å²) in [6.45, 7) is -0.320. The molecule has 3 rings (SSSR count). The van der Waals surface area contributed by atoms with E-state index < -0.39 is 10.8 Å². The molecule has 0 saturated heterocycles. The zero-order valence-corrected chi connectivity index (χ0v) is 17.2. The normalized spacial score (nSPS) is 10.9. The second kappa shape index (κ2) is 9.62. The summed E-state index contributed by atoms with van der Waals surface area (Å²) in [5.74, 6) is 0.478. The van der Waals surface area contributed by atoms with Crippen LogP contribution in [0.5, 0.6) is 5.75 Å². The Bertz CT molecular complexity index is 1130. The van der Waals surface area contributed by atoms with E-state index in [1.165, 1.54) is 30.5 Å². The van der Waals surface area contributed by atoms with Gasteiger partial charge in [0.15, 0.2) is 6.61 Å². The first-order valence-electron chi connectivity index (χ1n) is 8.27. The van der Waals surface area contributed by atoms with E-state index in [2.05, 4.69) is 10.5 Å². The molecule has 30 heavy (non-hydrogen) atoms. The van der Waals surface area contributed by atoms with Gasteiger partial charge in [-0.1, -0.05) is 34.8 Å². The van der Waals surface area contributed by atoms with Crippen LogP contribution in [-0.2, 0) is 4.79 Å². The quantitative estimate of drug-likeness (QED) is 0.286. The van der Waals surface area contributed by atoms with Crippen LogP contribution in [0.4, 0.5) is 5.69 Å². The molecule has 8 nitrogen and oxygen atoms in total. The molecule has 11 heteroatoms. The van der Waals surface area contributed by atoms with Gasteiger partial charge in [-0.25, -0.2) is 5.43 Å². The first kappa shape index (κ1) is 21.6. The van der Waals surface area contributed by atoms with Crippen LogP contribution in [0.3, 0.4) is 0 Å². The summed E-state index contributed by atoms with van der Waals surface area (Å²) in [6, 6.07) is 11.9. The van der Waals surface area contributed by atoms with E-state index in [-0.39, 0.29) is 23.1 Å². The number of carbonyl (C=O) groups is 1. The van der Waals surface area contributed by atoms with Crippen LogP contribution < -0.4 is 10.2 Å². The summed E-state index contributed by atoms with van der Waals surface area (Å²) in [6.07, 6.45) is 1.28. The maximum absolute atomic E-state index is 11.8. The maximum atomic E-state index is 11.8. The zero-order chi connectivity index (χ0) is 21.7. The number of nitrogens with zero attached hydrogens (tertiary/aromatic N) is 2. The number of halogens is 3. The van der Waals surface area contributed by atoms with Crippen molar-refractivity contribution in [3.8, 4) is 17.1 Å². The molecule has 154 valence electrons. The lowest BCUT2D eigenvalue weighted by molar-refractivity contribution is -0.384. The fourth-order valence-electron chi connectivity index (χ4n) is 2.32. The molecular weight excluding hydrogens is 457 g/mol. The molecule has 0 atom stereocenters. The molecule has 3 aromatic rings. The highest BCUT2D eigenvalue weighted by Crippen LogP contribution is 2.32. The van der Waals surface area contributed by atoms with Crippen molar-refractivity contribution in [3.05, 3.63) is 79.5 Å². The van der Waals surface area contributed by atoms with Crippen molar-refractivity contribution in [2.75, 3.05) is 6.61 Å². The van der Waals surface area contributed by atoms with Crippen molar-refractivity contribution in [3.63, 3.8) is 0 Å². The molecule has 0 fully saturated rings. The standard InChI is InChI=1S/C19H12Cl3N3O5/c20-11-1-5-15(21)18(7-11)29-10-19(26)24-23-9-13-3-6-17(30-13)14-4-2-12(25(27)28)8-16(14)22/h1-9H,10H2,(H,24,26)/b23-9-. The number of carbonyl (C=O) groups excluding carboxylic acids is 1. The number of amides is 1. The molecule has 0 unspecified atom stereocenters. The van der Waals surface area contributed by atoms with Gasteiger partial charge in [-0.05, 0) is 30.3 Å². The van der Waals surface area contributed by atoms with Gasteiger partial charge >= 0.3 is 0 Å². The summed E-state index contributed by atoms with van der Waals surface area (Å²) in [4.78, 5) is 22.1. The van der Waals surface area contributed by atoms with Crippen molar-refractivity contribution >= 4 is 52.6 Å². The summed E-state index contributed by atoms with van der Waals surface area (Å²) in [5, 5.41) is 15.5. The van der Waals surface area contributed by atoms with E-state index in [0.717, 1.165) is 0 Å². The van der Waals surface area contributed by atoms with Crippen LogP contribution in [-0.4, -0.2) is 23.7 Å². The molecule has 0 aliphatic rings. The van der Waals surface area contributed by atoms with Gasteiger partial charge < -0.3 is 9.15 Å². The van der Waals surface area contributed by atoms with Crippen molar-refractivity contribution in [2.45, 2.75) is 0 Å². The summed E-state index contributed by atoms with van der Waals surface area (Å²) in [7, 11) is 0. The highest BCUT2D eigenvalue weighted by Gasteiger charge is 2.13. The third-order valence-electron chi connectivity index (χ3n) is 3.69. The highest BCUT2D eigenvalue weighted by atomic mass is 35.5. The van der Waals surface area contributed by atoms with E-state index in [1.54, 1.807) is 24.3 Å². The second-order valence-electron chi connectivity index (χ2n) is 5.78. The number of nitro benzene ring substituents is 1. The number of nitrogens with one attached hydrogen (secondary N) is 1. The topological polar surface area (TPSA) is 107 Å². The van der Waals surface area contributed by atoms with Crippen molar-refractivity contribution < 1.29 is 18.9 Å². The van der Waals surface area contributed by atoms with Crippen LogP contribution in [0.2, 0.25) is 15.1 Å². The van der Waals surface area contributed by atoms with Gasteiger partial charge in [-0.3, -0.25) is 14.9 Å². The zero-order valence-electron chi connectivity index (χ0n) is 15.0. The molecule has 1 N–H and O–H groups in total. The van der Waals surface area contributed by atoms with Crippen LogP contribution in [0.1, 0.15) is 5.76 Å². The summed E-state index contributed by atoms with van der Waals surface area (Å²) < 4.78 is 10.9. The lowest BCUT2D eigenvalue weighted by atomic mass is 10.1. The predicted octanol–water partition coefficient (Wildman–Crippen LogP) is 5.34. The SMILES string of the molecule is O=C(COc1cc(Cl)ccc1Cl)N/N=C\c1ccc(-c2ccc([N+](=O)[O-])cc2Cl)o1. The lowest BCUT2D eigenvalue weighted by Crippen LogP contribution is -2.24. The minimum atomic E-state index is -0.539. The number of nitro groups is 1. The average molecular weight is 469 g/mol. The second-order valence-corrected chi connectivity index (χ2v) is 7.03. The minimum Gasteiger partial charge on any atom is -0.482 e. The number of furan rings is 1. The molecule has 0 aliphatic carbocycles. The first-order valence-corrected chi connectivity index (χ1v) is 9.41. The molecule has 0 aliphatic heterocycles. The molecule has 2 aromatic carbocycles. The Hall–Kier alpha value is -3.07. The van der Waals surface area contributed by atoms with Gasteiger partial charge in [0.05, 0.1) is 21.2 Å². The van der Waals surface area contributed by atoms with Crippen molar-refractivity contribution in [1.29, 1.82) is 0 Å². The third-order valence-corrected chi connectivity index (χ3v) is 4.55. The van der Waals surface area contributed by atoms with E-state index in [1.807, 2.05) is 0 Å². The number of hydrazone groups is 1. The Morgan fingerprint density at radius 3 is 2.67 bits per heavy atom. The van der Waals surface area contributed by atoms with Crippen LogP contribution in [0, 0.1) is 10.1 Å². The van der Waals surface area contributed by atoms with E-state index in [4.69, 9.17) is 44.0 Å².